The van der Waals surface area contributed by atoms with E-state index < -0.39 is 0 Å². The molecule has 25 heavy (non-hydrogen) atoms. The van der Waals surface area contributed by atoms with Crippen molar-refractivity contribution in [3.63, 3.8) is 0 Å². The molecule has 2 rings (SSSR count). The maximum atomic E-state index is 11.2. The Bertz CT molecular complexity index is 595. The molecule has 0 aromatic heterocycles. The highest BCUT2D eigenvalue weighted by molar-refractivity contribution is 6.30. The largest absolute Gasteiger partial charge is 0.353 e. The first-order valence-electron chi connectivity index (χ1n) is 9.22. The highest BCUT2D eigenvalue weighted by atomic mass is 35.5. The van der Waals surface area contributed by atoms with Crippen LogP contribution in [0.3, 0.4) is 0 Å². The molecular formula is C22H32ClNO. The summed E-state index contributed by atoms with van der Waals surface area (Å²) in [6, 6.07) is 7.96. The van der Waals surface area contributed by atoms with Gasteiger partial charge in [-0.2, -0.15) is 0 Å². The van der Waals surface area contributed by atoms with Gasteiger partial charge in [0, 0.05) is 10.6 Å². The third kappa shape index (κ3) is 4.28. The van der Waals surface area contributed by atoms with Crippen molar-refractivity contribution in [3.05, 3.63) is 47.5 Å². The van der Waals surface area contributed by atoms with Crippen molar-refractivity contribution in [2.45, 2.75) is 65.3 Å². The molecule has 1 aromatic rings. The Labute approximate surface area is 158 Å². The molecule has 1 aliphatic carbocycles. The standard InChI is InChI=1S/C22H32ClNO/c1-6-7-12-21(5,20(2,3)4)18-14-22(15-18,24-16-25)13-17-8-10-19(23)11-9-17/h6,8-11,16,18H,1,7,12-15H2,2-5H3,(H,24,25). The van der Waals surface area contributed by atoms with Crippen LogP contribution < -0.4 is 5.32 Å². The smallest absolute Gasteiger partial charge is 0.207 e. The fraction of sp³-hybridized carbons (Fsp3) is 0.591. The minimum absolute atomic E-state index is 0.124. The molecule has 1 aromatic carbocycles. The number of rotatable bonds is 8. The van der Waals surface area contributed by atoms with E-state index in [0.717, 1.165) is 43.5 Å². The van der Waals surface area contributed by atoms with Crippen molar-refractivity contribution in [2.24, 2.45) is 16.7 Å². The van der Waals surface area contributed by atoms with Crippen LogP contribution in [0.4, 0.5) is 0 Å². The van der Waals surface area contributed by atoms with Gasteiger partial charge in [-0.15, -0.1) is 6.58 Å². The predicted octanol–water partition coefficient (Wildman–Crippen LogP) is 5.80. The summed E-state index contributed by atoms with van der Waals surface area (Å²) in [7, 11) is 0. The zero-order valence-electron chi connectivity index (χ0n) is 16.1. The van der Waals surface area contributed by atoms with E-state index in [-0.39, 0.29) is 16.4 Å². The van der Waals surface area contributed by atoms with Gasteiger partial charge < -0.3 is 5.32 Å². The van der Waals surface area contributed by atoms with Crippen molar-refractivity contribution >= 4 is 18.0 Å². The quantitative estimate of drug-likeness (QED) is 0.460. The lowest BCUT2D eigenvalue weighted by molar-refractivity contribution is -0.116. The summed E-state index contributed by atoms with van der Waals surface area (Å²) in [5, 5.41) is 3.88. The summed E-state index contributed by atoms with van der Waals surface area (Å²) in [4.78, 5) is 11.2. The van der Waals surface area contributed by atoms with Crippen LogP contribution in [0, 0.1) is 16.7 Å². The molecule has 0 aliphatic heterocycles. The van der Waals surface area contributed by atoms with Crippen molar-refractivity contribution in [1.29, 1.82) is 0 Å². The highest BCUT2D eigenvalue weighted by Crippen LogP contribution is 2.58. The second-order valence-electron chi connectivity index (χ2n) is 8.95. The number of hydrogen-bond donors (Lipinski definition) is 1. The second kappa shape index (κ2) is 7.53. The van der Waals surface area contributed by atoms with E-state index in [4.69, 9.17) is 11.6 Å². The number of halogens is 1. The first-order chi connectivity index (χ1) is 11.7. The summed E-state index contributed by atoms with van der Waals surface area (Å²) in [5.74, 6) is 0.604. The Balaban J connectivity index is 2.15. The lowest BCUT2D eigenvalue weighted by Gasteiger charge is -2.59. The van der Waals surface area contributed by atoms with Crippen molar-refractivity contribution < 1.29 is 4.79 Å². The van der Waals surface area contributed by atoms with Crippen LogP contribution in [0.15, 0.2) is 36.9 Å². The lowest BCUT2D eigenvalue weighted by Crippen LogP contribution is -2.61. The summed E-state index contributed by atoms with van der Waals surface area (Å²) in [6.45, 7) is 13.3. The van der Waals surface area contributed by atoms with E-state index in [2.05, 4.69) is 51.7 Å². The number of nitrogens with one attached hydrogen (secondary N) is 1. The van der Waals surface area contributed by atoms with Crippen LogP contribution in [0.2, 0.25) is 5.02 Å². The van der Waals surface area contributed by atoms with Gasteiger partial charge in [-0.1, -0.05) is 57.5 Å². The van der Waals surface area contributed by atoms with Gasteiger partial charge in [-0.3, -0.25) is 4.79 Å². The van der Waals surface area contributed by atoms with Gasteiger partial charge in [-0.05, 0) is 66.5 Å². The molecule has 0 bridgehead atoms. The van der Waals surface area contributed by atoms with E-state index in [1.807, 2.05) is 18.2 Å². The topological polar surface area (TPSA) is 29.1 Å². The molecule has 1 fully saturated rings. The number of amides is 1. The average Bonchev–Trinajstić information content (AvgIpc) is 2.51. The lowest BCUT2D eigenvalue weighted by atomic mass is 9.48. The number of benzene rings is 1. The Morgan fingerprint density at radius 3 is 2.32 bits per heavy atom. The Kier molecular flexibility index (Phi) is 6.04. The minimum atomic E-state index is -0.124. The minimum Gasteiger partial charge on any atom is -0.353 e. The molecular weight excluding hydrogens is 330 g/mol. The van der Waals surface area contributed by atoms with Gasteiger partial charge in [0.15, 0.2) is 0 Å². The SMILES string of the molecule is C=CCCC(C)(C1CC(Cc2ccc(Cl)cc2)(NC=O)C1)C(C)(C)C. The molecule has 1 aliphatic rings. The van der Waals surface area contributed by atoms with Crippen LogP contribution in [0.25, 0.3) is 0 Å². The molecule has 0 spiro atoms. The molecule has 1 amide bonds. The zero-order chi connectivity index (χ0) is 18.7. The predicted molar refractivity (Wildman–Crippen MR) is 107 cm³/mol. The van der Waals surface area contributed by atoms with Gasteiger partial charge in [0.2, 0.25) is 6.41 Å². The maximum Gasteiger partial charge on any atom is 0.207 e. The Morgan fingerprint density at radius 2 is 1.84 bits per heavy atom. The summed E-state index contributed by atoms with van der Waals surface area (Å²) < 4.78 is 0. The fourth-order valence-corrected chi connectivity index (χ4v) is 4.48. The number of carbonyl (C=O) groups excluding carboxylic acids is 1. The molecule has 1 saturated carbocycles. The normalized spacial score (nSPS) is 25.6. The molecule has 1 N–H and O–H groups in total. The van der Waals surface area contributed by atoms with Crippen LogP contribution in [0.1, 0.15) is 58.9 Å². The van der Waals surface area contributed by atoms with E-state index in [1.54, 1.807) is 0 Å². The average molecular weight is 362 g/mol. The first-order valence-corrected chi connectivity index (χ1v) is 9.60. The van der Waals surface area contributed by atoms with E-state index in [0.29, 0.717) is 5.92 Å². The molecule has 0 heterocycles. The Hall–Kier alpha value is -1.28. The van der Waals surface area contributed by atoms with Crippen molar-refractivity contribution in [2.75, 3.05) is 0 Å². The van der Waals surface area contributed by atoms with Gasteiger partial charge in [0.1, 0.15) is 0 Å². The van der Waals surface area contributed by atoms with Gasteiger partial charge in [0.05, 0.1) is 0 Å². The first kappa shape index (κ1) is 20.0. The maximum absolute atomic E-state index is 11.2. The van der Waals surface area contributed by atoms with Gasteiger partial charge in [-0.25, -0.2) is 0 Å². The molecule has 3 heteroatoms. The number of carbonyl (C=O) groups is 1. The van der Waals surface area contributed by atoms with Crippen LogP contribution in [-0.4, -0.2) is 11.9 Å². The highest BCUT2D eigenvalue weighted by Gasteiger charge is 2.54. The van der Waals surface area contributed by atoms with Crippen molar-refractivity contribution in [3.8, 4) is 0 Å². The van der Waals surface area contributed by atoms with Crippen LogP contribution in [-0.2, 0) is 11.2 Å². The molecule has 138 valence electrons. The third-order valence-corrected chi connectivity index (χ3v) is 6.83. The molecule has 1 atom stereocenters. The van der Waals surface area contributed by atoms with E-state index >= 15 is 0 Å². The second-order valence-corrected chi connectivity index (χ2v) is 9.38. The van der Waals surface area contributed by atoms with Crippen LogP contribution >= 0.6 is 11.6 Å². The Morgan fingerprint density at radius 1 is 1.24 bits per heavy atom. The number of hydrogen-bond acceptors (Lipinski definition) is 1. The molecule has 1 unspecified atom stereocenters. The van der Waals surface area contributed by atoms with E-state index in [1.165, 1.54) is 5.56 Å². The van der Waals surface area contributed by atoms with Gasteiger partial charge >= 0.3 is 0 Å². The van der Waals surface area contributed by atoms with E-state index in [9.17, 15) is 4.79 Å². The molecule has 0 radical (unpaired) electrons. The molecule has 0 saturated heterocycles. The zero-order valence-corrected chi connectivity index (χ0v) is 16.8. The summed E-state index contributed by atoms with van der Waals surface area (Å²) in [6.07, 6.45) is 7.98. The summed E-state index contributed by atoms with van der Waals surface area (Å²) in [5.41, 5.74) is 1.55. The molecule has 2 nitrogen and oxygen atoms in total. The van der Waals surface area contributed by atoms with Crippen molar-refractivity contribution in [1.82, 2.24) is 5.32 Å². The van der Waals surface area contributed by atoms with Crippen LogP contribution in [0.5, 0.6) is 0 Å². The van der Waals surface area contributed by atoms with Gasteiger partial charge in [0.25, 0.3) is 0 Å². The summed E-state index contributed by atoms with van der Waals surface area (Å²) >= 11 is 5.99. The third-order valence-electron chi connectivity index (χ3n) is 6.58. The monoisotopic (exact) mass is 361 g/mol. The fourth-order valence-electron chi connectivity index (χ4n) is 4.36. The number of allylic oxidation sites excluding steroid dienone is 1.